The van der Waals surface area contributed by atoms with Gasteiger partial charge in [-0.2, -0.15) is 0 Å². The number of carbonyl (C=O) groups excluding carboxylic acids is 2. The summed E-state index contributed by atoms with van der Waals surface area (Å²) in [7, 11) is 1.58. The average molecular weight is 471 g/mol. The molecule has 2 aliphatic rings. The Bertz CT molecular complexity index is 1130. The van der Waals surface area contributed by atoms with Crippen molar-refractivity contribution in [3.8, 4) is 5.75 Å². The zero-order chi connectivity index (χ0) is 24.4. The highest BCUT2D eigenvalue weighted by Gasteiger charge is 2.46. The fourth-order valence-corrected chi connectivity index (χ4v) is 5.56. The van der Waals surface area contributed by atoms with E-state index in [2.05, 4.69) is 4.90 Å². The smallest absolute Gasteiger partial charge is 0.251 e. The highest BCUT2D eigenvalue weighted by atomic mass is 16.5. The summed E-state index contributed by atoms with van der Waals surface area (Å²) >= 11 is 0. The van der Waals surface area contributed by atoms with E-state index in [1.807, 2.05) is 60.7 Å². The van der Waals surface area contributed by atoms with E-state index in [1.165, 1.54) is 4.90 Å². The first-order valence-corrected chi connectivity index (χ1v) is 12.1. The summed E-state index contributed by atoms with van der Waals surface area (Å²) in [6.45, 7) is 1.29. The second kappa shape index (κ2) is 9.64. The normalized spacial score (nSPS) is 19.8. The molecule has 0 saturated carbocycles. The summed E-state index contributed by atoms with van der Waals surface area (Å²) in [6.07, 6.45) is 1.62. The van der Waals surface area contributed by atoms with Gasteiger partial charge in [-0.05, 0) is 67.2 Å². The zero-order valence-corrected chi connectivity index (χ0v) is 19.8. The molecule has 2 aliphatic heterocycles. The minimum absolute atomic E-state index is 0.00607. The van der Waals surface area contributed by atoms with E-state index in [0.29, 0.717) is 24.5 Å². The SMILES string of the molecule is COc1ccc(N2C(=O)C[C@H](N3CCC(C(O)(c4ccccc4)c4ccccc4)CC3)C2=O)cc1. The Morgan fingerprint density at radius 2 is 1.37 bits per heavy atom. The Morgan fingerprint density at radius 1 is 0.829 bits per heavy atom. The molecule has 0 bridgehead atoms. The third-order valence-corrected chi connectivity index (χ3v) is 7.44. The largest absolute Gasteiger partial charge is 0.497 e. The van der Waals surface area contributed by atoms with Crippen LogP contribution in [0.25, 0.3) is 0 Å². The molecule has 0 radical (unpaired) electrons. The van der Waals surface area contributed by atoms with Gasteiger partial charge in [0.2, 0.25) is 5.91 Å². The Hall–Kier alpha value is -3.48. The maximum absolute atomic E-state index is 13.3. The number of methoxy groups -OCH3 is 1. The molecule has 3 aromatic rings. The van der Waals surface area contributed by atoms with Crippen LogP contribution in [0.15, 0.2) is 84.9 Å². The summed E-state index contributed by atoms with van der Waals surface area (Å²) in [5.74, 6) is 0.307. The number of piperidine rings is 1. The van der Waals surface area contributed by atoms with Gasteiger partial charge >= 0.3 is 0 Å². The molecule has 6 heteroatoms. The Morgan fingerprint density at radius 3 is 1.89 bits per heavy atom. The van der Waals surface area contributed by atoms with Crippen LogP contribution in [0.5, 0.6) is 5.75 Å². The maximum atomic E-state index is 13.3. The molecule has 2 saturated heterocycles. The number of aliphatic hydroxyl groups is 1. The van der Waals surface area contributed by atoms with Crippen molar-refractivity contribution in [2.45, 2.75) is 30.9 Å². The second-order valence-electron chi connectivity index (χ2n) is 9.29. The summed E-state index contributed by atoms with van der Waals surface area (Å²) in [5, 5.41) is 12.1. The predicted octanol–water partition coefficient (Wildman–Crippen LogP) is 3.98. The van der Waals surface area contributed by atoms with E-state index in [1.54, 1.807) is 31.4 Å². The number of amides is 2. The van der Waals surface area contributed by atoms with Crippen molar-refractivity contribution in [2.75, 3.05) is 25.1 Å². The van der Waals surface area contributed by atoms with Crippen LogP contribution in [0.4, 0.5) is 5.69 Å². The molecule has 3 aromatic carbocycles. The summed E-state index contributed by atoms with van der Waals surface area (Å²) < 4.78 is 5.19. The fraction of sp³-hybridized carbons (Fsp3) is 0.310. The van der Waals surface area contributed by atoms with Crippen LogP contribution in [0, 0.1) is 5.92 Å². The van der Waals surface area contributed by atoms with Gasteiger partial charge in [-0.3, -0.25) is 14.5 Å². The second-order valence-corrected chi connectivity index (χ2v) is 9.29. The van der Waals surface area contributed by atoms with Crippen LogP contribution in [-0.4, -0.2) is 48.1 Å². The van der Waals surface area contributed by atoms with Crippen LogP contribution >= 0.6 is 0 Å². The number of hydrogen-bond acceptors (Lipinski definition) is 5. The van der Waals surface area contributed by atoms with E-state index in [0.717, 1.165) is 24.0 Å². The predicted molar refractivity (Wildman–Crippen MR) is 134 cm³/mol. The lowest BCUT2D eigenvalue weighted by Gasteiger charge is -2.43. The third kappa shape index (κ3) is 4.24. The molecule has 0 aliphatic carbocycles. The highest BCUT2D eigenvalue weighted by molar-refractivity contribution is 6.22. The molecule has 35 heavy (non-hydrogen) atoms. The molecule has 1 atom stereocenters. The number of benzene rings is 3. The van der Waals surface area contributed by atoms with Crippen LogP contribution in [0.1, 0.15) is 30.4 Å². The molecule has 5 rings (SSSR count). The number of ether oxygens (including phenoxy) is 1. The standard InChI is InChI=1S/C29H30N2O4/c1-35-25-14-12-24(13-15-25)31-27(32)20-26(28(31)33)30-18-16-23(17-19-30)29(34,21-8-4-2-5-9-21)22-10-6-3-7-11-22/h2-15,23,26,34H,16-20H2,1H3/t26-/m0/s1. The first-order valence-electron chi connectivity index (χ1n) is 12.1. The lowest BCUT2D eigenvalue weighted by atomic mass is 9.72. The van der Waals surface area contributed by atoms with Crippen molar-refractivity contribution >= 4 is 17.5 Å². The highest BCUT2D eigenvalue weighted by Crippen LogP contribution is 2.42. The molecule has 0 unspecified atom stereocenters. The summed E-state index contributed by atoms with van der Waals surface area (Å²) in [4.78, 5) is 29.5. The zero-order valence-electron chi connectivity index (χ0n) is 19.8. The van der Waals surface area contributed by atoms with E-state index in [9.17, 15) is 14.7 Å². The van der Waals surface area contributed by atoms with Gasteiger partial charge in [0.1, 0.15) is 11.4 Å². The van der Waals surface area contributed by atoms with Gasteiger partial charge in [0.25, 0.3) is 5.91 Å². The molecule has 6 nitrogen and oxygen atoms in total. The number of nitrogens with zero attached hydrogens (tertiary/aromatic N) is 2. The van der Waals surface area contributed by atoms with Crippen LogP contribution < -0.4 is 9.64 Å². The molecule has 180 valence electrons. The molecule has 2 amide bonds. The minimum Gasteiger partial charge on any atom is -0.497 e. The van der Waals surface area contributed by atoms with Gasteiger partial charge < -0.3 is 9.84 Å². The van der Waals surface area contributed by atoms with Gasteiger partial charge in [0, 0.05) is 0 Å². The van der Waals surface area contributed by atoms with Crippen molar-refractivity contribution < 1.29 is 19.4 Å². The van der Waals surface area contributed by atoms with Crippen molar-refractivity contribution in [3.05, 3.63) is 96.1 Å². The Balaban J connectivity index is 1.33. The van der Waals surface area contributed by atoms with E-state index in [4.69, 9.17) is 4.74 Å². The van der Waals surface area contributed by atoms with Gasteiger partial charge in [-0.15, -0.1) is 0 Å². The molecular formula is C29H30N2O4. The maximum Gasteiger partial charge on any atom is 0.251 e. The monoisotopic (exact) mass is 470 g/mol. The van der Waals surface area contributed by atoms with Crippen LogP contribution in [0.3, 0.4) is 0 Å². The van der Waals surface area contributed by atoms with Crippen LogP contribution in [0.2, 0.25) is 0 Å². The van der Waals surface area contributed by atoms with E-state index >= 15 is 0 Å². The average Bonchev–Trinajstić information content (AvgIpc) is 3.22. The van der Waals surface area contributed by atoms with Crippen molar-refractivity contribution in [3.63, 3.8) is 0 Å². The topological polar surface area (TPSA) is 70.1 Å². The Labute approximate surface area is 205 Å². The quantitative estimate of drug-likeness (QED) is 0.552. The number of likely N-dealkylation sites (tertiary alicyclic amines) is 1. The number of hydrogen-bond donors (Lipinski definition) is 1. The number of anilines is 1. The van der Waals surface area contributed by atoms with Gasteiger partial charge in [-0.25, -0.2) is 4.90 Å². The number of imide groups is 1. The molecule has 0 spiro atoms. The van der Waals surface area contributed by atoms with Crippen LogP contribution in [-0.2, 0) is 15.2 Å². The molecule has 1 N–H and O–H groups in total. The lowest BCUT2D eigenvalue weighted by Crippen LogP contribution is -2.49. The summed E-state index contributed by atoms with van der Waals surface area (Å²) in [6, 6.07) is 26.1. The fourth-order valence-electron chi connectivity index (χ4n) is 5.56. The minimum atomic E-state index is -1.11. The van der Waals surface area contributed by atoms with Crippen molar-refractivity contribution in [2.24, 2.45) is 5.92 Å². The molecule has 2 heterocycles. The first kappa shape index (κ1) is 23.3. The Kier molecular flexibility index (Phi) is 6.41. The van der Waals surface area contributed by atoms with Gasteiger partial charge in [0.05, 0.1) is 25.3 Å². The van der Waals surface area contributed by atoms with E-state index in [-0.39, 0.29) is 24.2 Å². The van der Waals surface area contributed by atoms with Gasteiger partial charge in [-0.1, -0.05) is 60.7 Å². The lowest BCUT2D eigenvalue weighted by molar-refractivity contribution is -0.123. The van der Waals surface area contributed by atoms with Gasteiger partial charge in [0.15, 0.2) is 0 Å². The first-order chi connectivity index (χ1) is 17.0. The van der Waals surface area contributed by atoms with Crippen molar-refractivity contribution in [1.29, 1.82) is 0 Å². The summed E-state index contributed by atoms with van der Waals surface area (Å²) in [5.41, 5.74) is 1.21. The van der Waals surface area contributed by atoms with Crippen molar-refractivity contribution in [1.82, 2.24) is 4.90 Å². The van der Waals surface area contributed by atoms with E-state index < -0.39 is 11.6 Å². The third-order valence-electron chi connectivity index (χ3n) is 7.44. The molecule has 2 fully saturated rings. The molecular weight excluding hydrogens is 440 g/mol. The number of carbonyl (C=O) groups is 2. The molecule has 0 aromatic heterocycles. The number of rotatable bonds is 6.